The molecule has 1 heterocycles. The molecule has 2 aromatic rings. The number of fused-ring (bicyclic) bond motifs is 1. The molecule has 1 N–H and O–H groups in total. The lowest BCUT2D eigenvalue weighted by atomic mass is 10.2. The van der Waals surface area contributed by atoms with Crippen LogP contribution in [0.5, 0.6) is 0 Å². The Bertz CT molecular complexity index is 631. The predicted molar refractivity (Wildman–Crippen MR) is 83.1 cm³/mol. The maximum Gasteiger partial charge on any atom is 0.272 e. The van der Waals surface area contributed by atoms with E-state index in [9.17, 15) is 4.79 Å². The van der Waals surface area contributed by atoms with E-state index in [0.29, 0.717) is 11.6 Å². The third kappa shape index (κ3) is 3.45. The van der Waals surface area contributed by atoms with E-state index in [1.807, 2.05) is 28.8 Å². The van der Waals surface area contributed by atoms with Crippen LogP contribution in [0.1, 0.15) is 26.0 Å². The van der Waals surface area contributed by atoms with Gasteiger partial charge in [0.2, 0.25) is 0 Å². The zero-order valence-electron chi connectivity index (χ0n) is 12.5. The number of nitrogens with zero attached hydrogens (tertiary/aromatic N) is 2. The van der Waals surface area contributed by atoms with Crippen LogP contribution in [0.3, 0.4) is 0 Å². The Kier molecular flexibility index (Phi) is 4.90. The summed E-state index contributed by atoms with van der Waals surface area (Å²) in [6.45, 7) is 8.84. The van der Waals surface area contributed by atoms with Gasteiger partial charge < -0.3 is 9.88 Å². The molecule has 0 atom stereocenters. The standard InChI is InChI=1S/C16H23N3O/c1-12(2)11-17-9-6-10-19-15-8-5-4-7-14(15)18-13(3)16(19)20/h4-5,7-8,12,17H,6,9-11H2,1-3H3. The van der Waals surface area contributed by atoms with Crippen molar-refractivity contribution < 1.29 is 0 Å². The molecule has 20 heavy (non-hydrogen) atoms. The molecule has 0 saturated carbocycles. The fraction of sp³-hybridized carbons (Fsp3) is 0.500. The summed E-state index contributed by atoms with van der Waals surface area (Å²) < 4.78 is 1.84. The summed E-state index contributed by atoms with van der Waals surface area (Å²) >= 11 is 0. The van der Waals surface area contributed by atoms with Gasteiger partial charge in [-0.2, -0.15) is 0 Å². The van der Waals surface area contributed by atoms with E-state index in [4.69, 9.17) is 0 Å². The summed E-state index contributed by atoms with van der Waals surface area (Å²) in [5.41, 5.74) is 2.40. The van der Waals surface area contributed by atoms with Crippen LogP contribution < -0.4 is 10.9 Å². The van der Waals surface area contributed by atoms with Crippen LogP contribution in [0.2, 0.25) is 0 Å². The van der Waals surface area contributed by atoms with E-state index >= 15 is 0 Å². The Morgan fingerprint density at radius 1 is 1.30 bits per heavy atom. The van der Waals surface area contributed by atoms with E-state index in [1.165, 1.54) is 0 Å². The third-order valence-electron chi connectivity index (χ3n) is 3.30. The molecule has 4 heteroatoms. The minimum Gasteiger partial charge on any atom is -0.316 e. The first-order valence-electron chi connectivity index (χ1n) is 7.26. The molecule has 4 nitrogen and oxygen atoms in total. The normalized spacial score (nSPS) is 11.4. The van der Waals surface area contributed by atoms with Crippen LogP contribution in [-0.4, -0.2) is 22.6 Å². The lowest BCUT2D eigenvalue weighted by molar-refractivity contribution is 0.521. The number of benzene rings is 1. The fourth-order valence-electron chi connectivity index (χ4n) is 2.30. The highest BCUT2D eigenvalue weighted by molar-refractivity contribution is 5.74. The molecular weight excluding hydrogens is 250 g/mol. The Balaban J connectivity index is 2.13. The van der Waals surface area contributed by atoms with Crippen molar-refractivity contribution in [3.8, 4) is 0 Å². The van der Waals surface area contributed by atoms with Crippen LogP contribution >= 0.6 is 0 Å². The Hall–Kier alpha value is -1.68. The smallest absolute Gasteiger partial charge is 0.272 e. The third-order valence-corrected chi connectivity index (χ3v) is 3.30. The maximum atomic E-state index is 12.2. The molecule has 0 saturated heterocycles. The molecule has 0 unspecified atom stereocenters. The molecule has 0 spiro atoms. The molecule has 108 valence electrons. The number of nitrogens with one attached hydrogen (secondary N) is 1. The number of aromatic nitrogens is 2. The van der Waals surface area contributed by atoms with Crippen molar-refractivity contribution in [3.05, 3.63) is 40.3 Å². The molecule has 0 aliphatic carbocycles. The van der Waals surface area contributed by atoms with E-state index < -0.39 is 0 Å². The van der Waals surface area contributed by atoms with Gasteiger partial charge in [0, 0.05) is 6.54 Å². The van der Waals surface area contributed by atoms with Crippen molar-refractivity contribution in [1.82, 2.24) is 14.9 Å². The van der Waals surface area contributed by atoms with Gasteiger partial charge in [-0.25, -0.2) is 4.98 Å². The molecule has 2 rings (SSSR count). The first-order chi connectivity index (χ1) is 9.59. The van der Waals surface area contributed by atoms with Crippen LogP contribution in [0.25, 0.3) is 11.0 Å². The monoisotopic (exact) mass is 273 g/mol. The van der Waals surface area contributed by atoms with Gasteiger partial charge in [-0.15, -0.1) is 0 Å². The number of para-hydroxylation sites is 2. The van der Waals surface area contributed by atoms with Gasteiger partial charge in [0.1, 0.15) is 5.69 Å². The van der Waals surface area contributed by atoms with E-state index in [0.717, 1.165) is 37.1 Å². The van der Waals surface area contributed by atoms with Crippen molar-refractivity contribution in [2.45, 2.75) is 33.7 Å². The number of hydrogen-bond donors (Lipinski definition) is 1. The topological polar surface area (TPSA) is 46.9 Å². The molecule has 0 amide bonds. The molecule has 0 bridgehead atoms. The van der Waals surface area contributed by atoms with Crippen molar-refractivity contribution in [2.24, 2.45) is 5.92 Å². The quantitative estimate of drug-likeness (QED) is 0.822. The summed E-state index contributed by atoms with van der Waals surface area (Å²) in [5.74, 6) is 0.654. The first-order valence-corrected chi connectivity index (χ1v) is 7.26. The highest BCUT2D eigenvalue weighted by Gasteiger charge is 2.07. The predicted octanol–water partition coefficient (Wildman–Crippen LogP) is 2.34. The van der Waals surface area contributed by atoms with Crippen LogP contribution in [0, 0.1) is 12.8 Å². The first kappa shape index (κ1) is 14.7. The highest BCUT2D eigenvalue weighted by Crippen LogP contribution is 2.09. The van der Waals surface area contributed by atoms with Gasteiger partial charge in [0.25, 0.3) is 5.56 Å². The molecule has 0 fully saturated rings. The van der Waals surface area contributed by atoms with Gasteiger partial charge in [-0.3, -0.25) is 4.79 Å². The average Bonchev–Trinajstić information content (AvgIpc) is 2.42. The van der Waals surface area contributed by atoms with Crippen molar-refractivity contribution >= 4 is 11.0 Å². The largest absolute Gasteiger partial charge is 0.316 e. The van der Waals surface area contributed by atoms with Gasteiger partial charge >= 0.3 is 0 Å². The second kappa shape index (κ2) is 6.66. The van der Waals surface area contributed by atoms with E-state index in [2.05, 4.69) is 24.1 Å². The average molecular weight is 273 g/mol. The van der Waals surface area contributed by atoms with E-state index in [-0.39, 0.29) is 5.56 Å². The maximum absolute atomic E-state index is 12.2. The molecule has 0 radical (unpaired) electrons. The Morgan fingerprint density at radius 2 is 2.05 bits per heavy atom. The summed E-state index contributed by atoms with van der Waals surface area (Å²) in [6, 6.07) is 7.82. The SMILES string of the molecule is Cc1nc2ccccc2n(CCCNCC(C)C)c1=O. The van der Waals surface area contributed by atoms with Gasteiger partial charge in [0.15, 0.2) is 0 Å². The molecule has 0 aliphatic rings. The van der Waals surface area contributed by atoms with Crippen molar-refractivity contribution in [1.29, 1.82) is 0 Å². The zero-order valence-corrected chi connectivity index (χ0v) is 12.5. The van der Waals surface area contributed by atoms with Gasteiger partial charge in [-0.1, -0.05) is 26.0 Å². The minimum absolute atomic E-state index is 0.0209. The summed E-state index contributed by atoms with van der Waals surface area (Å²) in [7, 11) is 0. The highest BCUT2D eigenvalue weighted by atomic mass is 16.1. The van der Waals surface area contributed by atoms with Crippen LogP contribution in [0.4, 0.5) is 0 Å². The zero-order chi connectivity index (χ0) is 14.5. The molecule has 1 aromatic carbocycles. The van der Waals surface area contributed by atoms with Crippen molar-refractivity contribution in [3.63, 3.8) is 0 Å². The lowest BCUT2D eigenvalue weighted by Gasteiger charge is -2.12. The second-order valence-corrected chi connectivity index (χ2v) is 5.59. The Labute approximate surface area is 119 Å². The van der Waals surface area contributed by atoms with Gasteiger partial charge in [-0.05, 0) is 44.5 Å². The Morgan fingerprint density at radius 3 is 2.80 bits per heavy atom. The summed E-state index contributed by atoms with van der Waals surface area (Å²) in [6.07, 6.45) is 0.945. The number of aryl methyl sites for hydroxylation is 2. The minimum atomic E-state index is 0.0209. The number of hydrogen-bond acceptors (Lipinski definition) is 3. The number of rotatable bonds is 6. The lowest BCUT2D eigenvalue weighted by Crippen LogP contribution is -2.27. The van der Waals surface area contributed by atoms with Crippen molar-refractivity contribution in [2.75, 3.05) is 13.1 Å². The van der Waals surface area contributed by atoms with Crippen LogP contribution in [0.15, 0.2) is 29.1 Å². The van der Waals surface area contributed by atoms with E-state index in [1.54, 1.807) is 6.92 Å². The summed E-state index contributed by atoms with van der Waals surface area (Å²) in [4.78, 5) is 16.6. The fourth-order valence-corrected chi connectivity index (χ4v) is 2.30. The molecule has 0 aliphatic heterocycles. The van der Waals surface area contributed by atoms with Crippen LogP contribution in [-0.2, 0) is 6.54 Å². The summed E-state index contributed by atoms with van der Waals surface area (Å²) in [5, 5.41) is 3.41. The molecular formula is C16H23N3O. The second-order valence-electron chi connectivity index (χ2n) is 5.59. The van der Waals surface area contributed by atoms with Gasteiger partial charge in [0.05, 0.1) is 11.0 Å². The molecule has 1 aromatic heterocycles.